The number of carbonyl (C=O) groups is 3. The minimum atomic E-state index is -0.904. The second-order valence-electron chi connectivity index (χ2n) is 6.06. The second kappa shape index (κ2) is 10.1. The summed E-state index contributed by atoms with van der Waals surface area (Å²) in [5.74, 6) is -0.317. The minimum Gasteiger partial charge on any atom is -0.484 e. The Hall–Kier alpha value is -3.78. The molecule has 0 saturated carbocycles. The van der Waals surface area contributed by atoms with Gasteiger partial charge in [0, 0.05) is 10.4 Å². The van der Waals surface area contributed by atoms with E-state index in [1.165, 1.54) is 0 Å². The predicted molar refractivity (Wildman–Crippen MR) is 111 cm³/mol. The van der Waals surface area contributed by atoms with E-state index in [0.717, 1.165) is 10.8 Å². The molecule has 0 aromatic heterocycles. The summed E-state index contributed by atoms with van der Waals surface area (Å²) in [6.07, 6.45) is 0. The van der Waals surface area contributed by atoms with Crippen molar-refractivity contribution >= 4 is 40.2 Å². The molecule has 0 heterocycles. The van der Waals surface area contributed by atoms with Crippen LogP contribution in [0.2, 0.25) is 5.02 Å². The molecule has 3 rings (SSSR count). The summed E-state index contributed by atoms with van der Waals surface area (Å²) < 4.78 is 10.7. The first-order valence-electron chi connectivity index (χ1n) is 8.89. The summed E-state index contributed by atoms with van der Waals surface area (Å²) in [7, 11) is 0. The summed E-state index contributed by atoms with van der Waals surface area (Å²) in [6, 6.07) is 18.6. The van der Waals surface area contributed by atoms with Crippen LogP contribution < -0.4 is 25.6 Å². The van der Waals surface area contributed by atoms with E-state index >= 15 is 0 Å². The lowest BCUT2D eigenvalue weighted by Gasteiger charge is -2.11. The SMILES string of the molecule is O=C(COc1cccc2ccccc12)NNC(=O)NC(=O)COc1ccc(Cl)cc1. The fraction of sp³-hybridized carbons (Fsp3) is 0.0952. The van der Waals surface area contributed by atoms with Gasteiger partial charge < -0.3 is 9.47 Å². The third-order valence-electron chi connectivity index (χ3n) is 3.86. The lowest BCUT2D eigenvalue weighted by molar-refractivity contribution is -0.124. The zero-order valence-corrected chi connectivity index (χ0v) is 16.4. The molecule has 0 aliphatic carbocycles. The highest BCUT2D eigenvalue weighted by Gasteiger charge is 2.10. The molecule has 154 valence electrons. The third kappa shape index (κ3) is 6.11. The number of amides is 4. The van der Waals surface area contributed by atoms with Crippen LogP contribution >= 0.6 is 11.6 Å². The third-order valence-corrected chi connectivity index (χ3v) is 4.11. The van der Waals surface area contributed by atoms with Crippen LogP contribution in [-0.2, 0) is 9.59 Å². The topological polar surface area (TPSA) is 106 Å². The monoisotopic (exact) mass is 427 g/mol. The molecule has 3 aromatic rings. The molecule has 0 spiro atoms. The summed E-state index contributed by atoms with van der Waals surface area (Å²) in [5, 5.41) is 4.40. The molecule has 0 atom stereocenters. The number of benzene rings is 3. The average molecular weight is 428 g/mol. The van der Waals surface area contributed by atoms with Crippen molar-refractivity contribution < 1.29 is 23.9 Å². The van der Waals surface area contributed by atoms with Crippen molar-refractivity contribution in [3.05, 3.63) is 71.8 Å². The number of nitrogens with one attached hydrogen (secondary N) is 3. The molecule has 8 nitrogen and oxygen atoms in total. The molecule has 0 saturated heterocycles. The number of halogens is 1. The highest BCUT2D eigenvalue weighted by atomic mass is 35.5. The van der Waals surface area contributed by atoms with Crippen molar-refractivity contribution in [2.24, 2.45) is 0 Å². The number of hydrogen-bond acceptors (Lipinski definition) is 5. The van der Waals surface area contributed by atoms with E-state index in [9.17, 15) is 14.4 Å². The van der Waals surface area contributed by atoms with Crippen molar-refractivity contribution in [3.8, 4) is 11.5 Å². The van der Waals surface area contributed by atoms with Gasteiger partial charge in [-0.05, 0) is 35.7 Å². The van der Waals surface area contributed by atoms with Crippen LogP contribution in [0.3, 0.4) is 0 Å². The Balaban J connectivity index is 1.38. The van der Waals surface area contributed by atoms with Crippen molar-refractivity contribution in [3.63, 3.8) is 0 Å². The van der Waals surface area contributed by atoms with Crippen LogP contribution in [0.5, 0.6) is 11.5 Å². The van der Waals surface area contributed by atoms with Gasteiger partial charge in [-0.15, -0.1) is 0 Å². The van der Waals surface area contributed by atoms with Crippen molar-refractivity contribution in [2.45, 2.75) is 0 Å². The quantitative estimate of drug-likeness (QED) is 0.524. The van der Waals surface area contributed by atoms with Crippen LogP contribution in [0, 0.1) is 0 Å². The largest absolute Gasteiger partial charge is 0.484 e. The summed E-state index contributed by atoms with van der Waals surface area (Å²) in [4.78, 5) is 35.3. The van der Waals surface area contributed by atoms with Gasteiger partial charge in [0.05, 0.1) is 0 Å². The highest BCUT2D eigenvalue weighted by Crippen LogP contribution is 2.24. The van der Waals surface area contributed by atoms with Crippen molar-refractivity contribution in [1.82, 2.24) is 16.2 Å². The van der Waals surface area contributed by atoms with Gasteiger partial charge in [-0.2, -0.15) is 0 Å². The Bertz CT molecular complexity index is 1050. The normalized spacial score (nSPS) is 10.2. The van der Waals surface area contributed by atoms with Gasteiger partial charge in [0.2, 0.25) is 0 Å². The molecule has 0 aliphatic rings. The number of imide groups is 1. The minimum absolute atomic E-state index is 0.318. The number of hydrazine groups is 1. The zero-order chi connectivity index (χ0) is 21.3. The Morgan fingerprint density at radius 1 is 0.767 bits per heavy atom. The molecule has 0 radical (unpaired) electrons. The van der Waals surface area contributed by atoms with Crippen LogP contribution in [0.4, 0.5) is 4.79 Å². The average Bonchev–Trinajstić information content (AvgIpc) is 2.76. The second-order valence-corrected chi connectivity index (χ2v) is 6.50. The molecule has 3 aromatic carbocycles. The Labute approximate surface area is 177 Å². The van der Waals surface area contributed by atoms with Crippen molar-refractivity contribution in [1.29, 1.82) is 0 Å². The van der Waals surface area contributed by atoms with E-state index in [-0.39, 0.29) is 13.2 Å². The van der Waals surface area contributed by atoms with Gasteiger partial charge >= 0.3 is 6.03 Å². The van der Waals surface area contributed by atoms with E-state index in [1.807, 2.05) is 41.7 Å². The molecule has 3 N–H and O–H groups in total. The fourth-order valence-electron chi connectivity index (χ4n) is 2.50. The van der Waals surface area contributed by atoms with Crippen LogP contribution in [-0.4, -0.2) is 31.1 Å². The van der Waals surface area contributed by atoms with E-state index in [2.05, 4.69) is 10.9 Å². The summed E-state index contributed by atoms with van der Waals surface area (Å²) in [5.41, 5.74) is 4.22. The van der Waals surface area contributed by atoms with Gasteiger partial charge in [0.25, 0.3) is 11.8 Å². The Morgan fingerprint density at radius 2 is 1.47 bits per heavy atom. The molecule has 0 bridgehead atoms. The van der Waals surface area contributed by atoms with Crippen molar-refractivity contribution in [2.75, 3.05) is 13.2 Å². The molecule has 30 heavy (non-hydrogen) atoms. The standard InChI is InChI=1S/C21H18ClN3O5/c22-15-8-10-16(11-9-15)29-12-19(26)23-21(28)25-24-20(27)13-30-18-7-3-5-14-4-1-2-6-17(14)18/h1-11H,12-13H2,(H,24,27)(H2,23,25,26,28). The lowest BCUT2D eigenvalue weighted by atomic mass is 10.1. The molecule has 4 amide bonds. The van der Waals surface area contributed by atoms with E-state index in [0.29, 0.717) is 16.5 Å². The Morgan fingerprint density at radius 3 is 2.27 bits per heavy atom. The maximum absolute atomic E-state index is 11.9. The number of urea groups is 1. The molecule has 0 unspecified atom stereocenters. The van der Waals surface area contributed by atoms with Crippen LogP contribution in [0.25, 0.3) is 10.8 Å². The number of fused-ring (bicyclic) bond motifs is 1. The van der Waals surface area contributed by atoms with Gasteiger partial charge in [-0.1, -0.05) is 48.0 Å². The first-order chi connectivity index (χ1) is 14.5. The predicted octanol–water partition coefficient (Wildman–Crippen LogP) is 2.81. The van der Waals surface area contributed by atoms with E-state index < -0.39 is 17.8 Å². The number of hydrogen-bond donors (Lipinski definition) is 3. The number of carbonyl (C=O) groups excluding carboxylic acids is 3. The maximum Gasteiger partial charge on any atom is 0.340 e. The fourth-order valence-corrected chi connectivity index (χ4v) is 2.63. The summed E-state index contributed by atoms with van der Waals surface area (Å²) in [6.45, 7) is -0.699. The van der Waals surface area contributed by atoms with Crippen LogP contribution in [0.15, 0.2) is 66.7 Å². The maximum atomic E-state index is 11.9. The molecular formula is C21H18ClN3O5. The zero-order valence-electron chi connectivity index (χ0n) is 15.7. The van der Waals surface area contributed by atoms with E-state index in [4.69, 9.17) is 21.1 Å². The van der Waals surface area contributed by atoms with E-state index in [1.54, 1.807) is 30.3 Å². The molecule has 0 aliphatic heterocycles. The smallest absolute Gasteiger partial charge is 0.340 e. The first kappa shape index (κ1) is 20.9. The Kier molecular flexibility index (Phi) is 7.07. The summed E-state index contributed by atoms with van der Waals surface area (Å²) >= 11 is 5.76. The first-order valence-corrected chi connectivity index (χ1v) is 9.26. The lowest BCUT2D eigenvalue weighted by Crippen LogP contribution is -2.50. The van der Waals surface area contributed by atoms with Gasteiger partial charge in [0.1, 0.15) is 11.5 Å². The molecule has 9 heteroatoms. The molecular weight excluding hydrogens is 410 g/mol. The van der Waals surface area contributed by atoms with Gasteiger partial charge in [0.15, 0.2) is 13.2 Å². The number of rotatable bonds is 6. The van der Waals surface area contributed by atoms with Gasteiger partial charge in [-0.25, -0.2) is 10.2 Å². The highest BCUT2D eigenvalue weighted by molar-refractivity contribution is 6.30. The number of ether oxygens (including phenoxy) is 2. The molecule has 0 fully saturated rings. The van der Waals surface area contributed by atoms with Gasteiger partial charge in [-0.3, -0.25) is 20.3 Å². The van der Waals surface area contributed by atoms with Crippen LogP contribution in [0.1, 0.15) is 0 Å².